The Morgan fingerprint density at radius 2 is 1.95 bits per heavy atom. The van der Waals surface area contributed by atoms with Crippen LogP contribution in [0.15, 0.2) is 12.1 Å². The molecule has 1 N–H and O–H groups in total. The zero-order chi connectivity index (χ0) is 13.8. The van der Waals surface area contributed by atoms with Crippen molar-refractivity contribution in [3.63, 3.8) is 0 Å². The van der Waals surface area contributed by atoms with E-state index in [4.69, 9.17) is 0 Å². The first-order valence-electron chi connectivity index (χ1n) is 6.57. The van der Waals surface area contributed by atoms with Gasteiger partial charge in [-0.2, -0.15) is 13.2 Å². The molecule has 0 spiro atoms. The summed E-state index contributed by atoms with van der Waals surface area (Å²) in [4.78, 5) is 2.15. The Labute approximate surface area is 122 Å². The lowest BCUT2D eigenvalue weighted by Gasteiger charge is -2.38. The van der Waals surface area contributed by atoms with Crippen LogP contribution < -0.4 is 10.2 Å². The largest absolute Gasteiger partial charge is 0.416 e. The summed E-state index contributed by atoms with van der Waals surface area (Å²) in [5.74, 6) is 0. The second-order valence-electron chi connectivity index (χ2n) is 5.57. The lowest BCUT2D eigenvalue weighted by Crippen LogP contribution is -2.54. The summed E-state index contributed by atoms with van der Waals surface area (Å²) < 4.78 is 39.0. The van der Waals surface area contributed by atoms with Gasteiger partial charge < -0.3 is 10.2 Å². The first kappa shape index (κ1) is 15.4. The molecule has 6 heteroatoms. The van der Waals surface area contributed by atoms with Gasteiger partial charge in [-0.3, -0.25) is 0 Å². The molecule has 0 amide bonds. The summed E-state index contributed by atoms with van der Waals surface area (Å²) in [6.07, 6.45) is -3.43. The molecule has 1 aromatic rings. The fourth-order valence-electron chi connectivity index (χ4n) is 3.34. The number of nitrogens with one attached hydrogen (secondary N) is 1. The molecule has 2 aliphatic rings. The highest BCUT2D eigenvalue weighted by Gasteiger charge is 2.39. The fourth-order valence-corrected chi connectivity index (χ4v) is 3.34. The number of anilines is 1. The van der Waals surface area contributed by atoms with E-state index >= 15 is 0 Å². The van der Waals surface area contributed by atoms with E-state index in [0.717, 1.165) is 30.8 Å². The molecule has 2 unspecified atom stereocenters. The molecule has 0 bridgehead atoms. The summed E-state index contributed by atoms with van der Waals surface area (Å²) >= 11 is 0. The van der Waals surface area contributed by atoms with Crippen molar-refractivity contribution in [3.05, 3.63) is 28.8 Å². The summed E-state index contributed by atoms with van der Waals surface area (Å²) in [6, 6.07) is 3.58. The maximum absolute atomic E-state index is 13.0. The number of aryl methyl sites for hydroxylation is 1. The average molecular weight is 307 g/mol. The predicted molar refractivity (Wildman–Crippen MR) is 75.7 cm³/mol. The van der Waals surface area contributed by atoms with E-state index in [-0.39, 0.29) is 18.4 Å². The number of hydrogen-bond acceptors (Lipinski definition) is 2. The molecule has 2 nitrogen and oxygen atoms in total. The minimum Gasteiger partial charge on any atom is -0.363 e. The van der Waals surface area contributed by atoms with Crippen LogP contribution in [0, 0.1) is 6.92 Å². The van der Waals surface area contributed by atoms with E-state index in [0.29, 0.717) is 11.6 Å². The molecule has 3 rings (SSSR count). The number of benzene rings is 1. The van der Waals surface area contributed by atoms with Gasteiger partial charge in [-0.25, -0.2) is 0 Å². The molecule has 0 aromatic heterocycles. The number of halogens is 4. The molecule has 1 aromatic carbocycles. The van der Waals surface area contributed by atoms with Crippen LogP contribution in [0.4, 0.5) is 18.9 Å². The van der Waals surface area contributed by atoms with Gasteiger partial charge >= 0.3 is 6.18 Å². The van der Waals surface area contributed by atoms with Crippen molar-refractivity contribution in [2.75, 3.05) is 18.0 Å². The Morgan fingerprint density at radius 3 is 2.60 bits per heavy atom. The van der Waals surface area contributed by atoms with Crippen LogP contribution in [-0.2, 0) is 12.6 Å². The standard InChI is InChI=1S/C14H17F3N2.ClH/c1-8-3-10-4-11-7-18-6-9(2)19(11)13(10)5-12(8)14(15,16)17;/h3,5,9,11,18H,4,6-7H2,1-2H3;1H. The van der Waals surface area contributed by atoms with Crippen LogP contribution in [0.2, 0.25) is 0 Å². The smallest absolute Gasteiger partial charge is 0.363 e. The maximum atomic E-state index is 13.0. The molecule has 20 heavy (non-hydrogen) atoms. The van der Waals surface area contributed by atoms with E-state index in [1.807, 2.05) is 0 Å². The Bertz CT molecular complexity index is 516. The monoisotopic (exact) mass is 306 g/mol. The summed E-state index contributed by atoms with van der Waals surface area (Å²) in [5.41, 5.74) is 1.65. The highest BCUT2D eigenvalue weighted by Crippen LogP contribution is 2.41. The number of piperazine rings is 1. The fraction of sp³-hybridized carbons (Fsp3) is 0.571. The molecular weight excluding hydrogens is 289 g/mol. The van der Waals surface area contributed by atoms with E-state index < -0.39 is 11.7 Å². The van der Waals surface area contributed by atoms with E-state index in [9.17, 15) is 13.2 Å². The van der Waals surface area contributed by atoms with Crippen molar-refractivity contribution >= 4 is 18.1 Å². The zero-order valence-corrected chi connectivity index (χ0v) is 12.2. The second kappa shape index (κ2) is 5.11. The Hall–Kier alpha value is -0.940. The van der Waals surface area contributed by atoms with Crippen LogP contribution in [0.25, 0.3) is 0 Å². The first-order valence-corrected chi connectivity index (χ1v) is 6.57. The molecule has 112 valence electrons. The number of nitrogens with zero attached hydrogens (tertiary/aromatic N) is 1. The van der Waals surface area contributed by atoms with Gasteiger partial charge in [0.2, 0.25) is 0 Å². The molecule has 2 aliphatic heterocycles. The first-order chi connectivity index (χ1) is 8.88. The number of fused-ring (bicyclic) bond motifs is 3. The minimum atomic E-state index is -4.27. The van der Waals surface area contributed by atoms with Crippen molar-refractivity contribution in [2.24, 2.45) is 0 Å². The van der Waals surface area contributed by atoms with Crippen molar-refractivity contribution in [2.45, 2.75) is 38.5 Å². The number of alkyl halides is 3. The van der Waals surface area contributed by atoms with Gasteiger partial charge in [-0.05, 0) is 37.5 Å². The third kappa shape index (κ3) is 2.37. The molecule has 1 saturated heterocycles. The van der Waals surface area contributed by atoms with Gasteiger partial charge in [-0.1, -0.05) is 6.07 Å². The van der Waals surface area contributed by atoms with Gasteiger partial charge in [0.15, 0.2) is 0 Å². The highest BCUT2D eigenvalue weighted by atomic mass is 35.5. The van der Waals surface area contributed by atoms with Crippen LogP contribution in [0.5, 0.6) is 0 Å². The van der Waals surface area contributed by atoms with Gasteiger partial charge in [0.1, 0.15) is 0 Å². The van der Waals surface area contributed by atoms with E-state index in [1.54, 1.807) is 13.0 Å². The maximum Gasteiger partial charge on any atom is 0.416 e. The highest BCUT2D eigenvalue weighted by molar-refractivity contribution is 5.85. The Balaban J connectivity index is 0.00000147. The molecule has 0 aliphatic carbocycles. The van der Waals surface area contributed by atoms with Crippen molar-refractivity contribution in [1.29, 1.82) is 0 Å². The van der Waals surface area contributed by atoms with Crippen molar-refractivity contribution in [1.82, 2.24) is 5.32 Å². The predicted octanol–water partition coefficient (Wildman–Crippen LogP) is 3.16. The summed E-state index contributed by atoms with van der Waals surface area (Å²) in [5, 5.41) is 3.34. The molecule has 0 radical (unpaired) electrons. The lowest BCUT2D eigenvalue weighted by molar-refractivity contribution is -0.138. The van der Waals surface area contributed by atoms with E-state index in [2.05, 4.69) is 17.1 Å². The topological polar surface area (TPSA) is 15.3 Å². The third-order valence-corrected chi connectivity index (χ3v) is 4.15. The van der Waals surface area contributed by atoms with Gasteiger partial charge in [0.25, 0.3) is 0 Å². The SMILES string of the molecule is Cc1cc2c(cc1C(F)(F)F)N1C(C)CNCC1C2.Cl. The van der Waals surface area contributed by atoms with Crippen LogP contribution in [0.3, 0.4) is 0 Å². The molecule has 1 fully saturated rings. The number of hydrogen-bond donors (Lipinski definition) is 1. The van der Waals surface area contributed by atoms with Crippen molar-refractivity contribution < 1.29 is 13.2 Å². The normalized spacial score (nSPS) is 24.9. The summed E-state index contributed by atoms with van der Waals surface area (Å²) in [7, 11) is 0. The van der Waals surface area contributed by atoms with Crippen molar-refractivity contribution in [3.8, 4) is 0 Å². The third-order valence-electron chi connectivity index (χ3n) is 4.15. The Kier molecular flexibility index (Phi) is 3.95. The minimum absolute atomic E-state index is 0. The van der Waals surface area contributed by atoms with Gasteiger partial charge in [0.05, 0.1) is 5.56 Å². The molecule has 2 atom stereocenters. The molecule has 2 heterocycles. The quantitative estimate of drug-likeness (QED) is 0.792. The summed E-state index contributed by atoms with van der Waals surface area (Å²) in [6.45, 7) is 5.27. The number of rotatable bonds is 0. The zero-order valence-electron chi connectivity index (χ0n) is 11.4. The lowest BCUT2D eigenvalue weighted by atomic mass is 10.0. The molecular formula is C14H18ClF3N2. The Morgan fingerprint density at radius 1 is 1.25 bits per heavy atom. The van der Waals surface area contributed by atoms with Crippen LogP contribution in [-0.4, -0.2) is 25.2 Å². The van der Waals surface area contributed by atoms with Gasteiger partial charge in [0, 0.05) is 30.9 Å². The average Bonchev–Trinajstić information content (AvgIpc) is 2.64. The van der Waals surface area contributed by atoms with Gasteiger partial charge in [-0.15, -0.1) is 12.4 Å². The molecule has 0 saturated carbocycles. The second-order valence-corrected chi connectivity index (χ2v) is 5.57. The van der Waals surface area contributed by atoms with E-state index in [1.165, 1.54) is 6.07 Å². The van der Waals surface area contributed by atoms with Crippen LogP contribution in [0.1, 0.15) is 23.6 Å². The van der Waals surface area contributed by atoms with Crippen LogP contribution >= 0.6 is 12.4 Å².